The summed E-state index contributed by atoms with van der Waals surface area (Å²) >= 11 is 0. The lowest BCUT2D eigenvalue weighted by atomic mass is 10.2. The van der Waals surface area contributed by atoms with Crippen LogP contribution in [0.15, 0.2) is 29.0 Å². The van der Waals surface area contributed by atoms with Crippen LogP contribution in [0, 0.1) is 0 Å². The van der Waals surface area contributed by atoms with E-state index >= 15 is 0 Å². The van der Waals surface area contributed by atoms with Gasteiger partial charge in [0, 0.05) is 24.9 Å². The van der Waals surface area contributed by atoms with Crippen LogP contribution in [0.1, 0.15) is 23.7 Å². The molecule has 0 spiro atoms. The second-order valence-electron chi connectivity index (χ2n) is 5.12. The number of aromatic nitrogens is 3. The number of hydrogen-bond donors (Lipinski definition) is 1. The number of nitrogens with zero attached hydrogens (tertiary/aromatic N) is 3. The van der Waals surface area contributed by atoms with E-state index in [1.54, 1.807) is 12.4 Å². The Morgan fingerprint density at radius 1 is 1.33 bits per heavy atom. The number of rotatable bonds is 5. The van der Waals surface area contributed by atoms with Crippen LogP contribution in [-0.4, -0.2) is 41.1 Å². The van der Waals surface area contributed by atoms with Gasteiger partial charge in [0.1, 0.15) is 0 Å². The van der Waals surface area contributed by atoms with Crippen LogP contribution in [-0.2, 0) is 22.8 Å². The molecular formula is C13H16N4O3S. The molecule has 2 aromatic rings. The van der Waals surface area contributed by atoms with Gasteiger partial charge in [-0.15, -0.1) is 0 Å². The maximum Gasteiger partial charge on any atom is 0.240 e. The Morgan fingerprint density at radius 3 is 2.86 bits per heavy atom. The van der Waals surface area contributed by atoms with Crippen molar-refractivity contribution < 1.29 is 12.9 Å². The molecule has 21 heavy (non-hydrogen) atoms. The first-order valence-electron chi connectivity index (χ1n) is 6.75. The first-order chi connectivity index (χ1) is 10.1. The molecule has 1 aliphatic heterocycles. The molecule has 1 N–H and O–H groups in total. The van der Waals surface area contributed by atoms with Gasteiger partial charge in [-0.05, 0) is 24.1 Å². The highest BCUT2D eigenvalue weighted by Crippen LogP contribution is 2.12. The van der Waals surface area contributed by atoms with Crippen molar-refractivity contribution >= 4 is 9.84 Å². The Bertz CT molecular complexity index is 699. The van der Waals surface area contributed by atoms with E-state index in [0.717, 1.165) is 5.56 Å². The lowest BCUT2D eigenvalue weighted by molar-refractivity contribution is 0.356. The molecule has 3 rings (SSSR count). The first kappa shape index (κ1) is 14.2. The van der Waals surface area contributed by atoms with Crippen LogP contribution in [0.5, 0.6) is 0 Å². The molecule has 0 saturated carbocycles. The van der Waals surface area contributed by atoms with E-state index in [2.05, 4.69) is 20.4 Å². The summed E-state index contributed by atoms with van der Waals surface area (Å²) in [5.74, 6) is 1.52. The van der Waals surface area contributed by atoms with Crippen LogP contribution in [0.25, 0.3) is 0 Å². The van der Waals surface area contributed by atoms with Crippen molar-refractivity contribution in [1.29, 1.82) is 0 Å². The molecule has 1 aliphatic rings. The Kier molecular flexibility index (Phi) is 3.98. The molecule has 2 aromatic heterocycles. The molecule has 0 bridgehead atoms. The molecule has 1 fully saturated rings. The van der Waals surface area contributed by atoms with Crippen LogP contribution in [0.4, 0.5) is 0 Å². The second kappa shape index (κ2) is 5.90. The van der Waals surface area contributed by atoms with Gasteiger partial charge in [0.2, 0.25) is 5.89 Å². The molecule has 0 aromatic carbocycles. The Hall–Kier alpha value is -1.80. The Balaban J connectivity index is 1.54. The van der Waals surface area contributed by atoms with Gasteiger partial charge in [-0.3, -0.25) is 4.98 Å². The number of sulfone groups is 1. The Morgan fingerprint density at radius 2 is 2.14 bits per heavy atom. The van der Waals surface area contributed by atoms with E-state index in [4.69, 9.17) is 4.52 Å². The SMILES string of the molecule is O=S1(=O)CCC(NCc2nc(Cc3ccncc3)no2)C1. The maximum absolute atomic E-state index is 11.4. The summed E-state index contributed by atoms with van der Waals surface area (Å²) in [6.07, 6.45) is 4.67. The quantitative estimate of drug-likeness (QED) is 0.850. The topological polar surface area (TPSA) is 98.0 Å². The third-order valence-electron chi connectivity index (χ3n) is 3.40. The highest BCUT2D eigenvalue weighted by molar-refractivity contribution is 7.91. The van der Waals surface area contributed by atoms with E-state index in [0.29, 0.717) is 31.1 Å². The number of pyridine rings is 1. The van der Waals surface area contributed by atoms with Crippen molar-refractivity contribution in [3.63, 3.8) is 0 Å². The zero-order chi connectivity index (χ0) is 14.7. The molecule has 8 heteroatoms. The molecule has 0 radical (unpaired) electrons. The highest BCUT2D eigenvalue weighted by Gasteiger charge is 2.27. The minimum atomic E-state index is -2.87. The third kappa shape index (κ3) is 3.85. The normalized spacial score (nSPS) is 20.7. The van der Waals surface area contributed by atoms with Crippen LogP contribution < -0.4 is 5.32 Å². The fourth-order valence-electron chi connectivity index (χ4n) is 2.30. The average Bonchev–Trinajstić information content (AvgIpc) is 3.04. The molecule has 0 aliphatic carbocycles. The molecule has 112 valence electrons. The maximum atomic E-state index is 11.4. The third-order valence-corrected chi connectivity index (χ3v) is 5.16. The highest BCUT2D eigenvalue weighted by atomic mass is 32.2. The summed E-state index contributed by atoms with van der Waals surface area (Å²) in [6.45, 7) is 0.392. The molecule has 1 atom stereocenters. The van der Waals surface area contributed by atoms with Gasteiger partial charge in [-0.2, -0.15) is 4.98 Å². The first-order valence-corrected chi connectivity index (χ1v) is 8.57. The summed E-state index contributed by atoms with van der Waals surface area (Å²) in [5.41, 5.74) is 1.06. The van der Waals surface area contributed by atoms with Gasteiger partial charge in [0.25, 0.3) is 0 Å². The van der Waals surface area contributed by atoms with E-state index in [1.807, 2.05) is 12.1 Å². The van der Waals surface area contributed by atoms with E-state index in [-0.39, 0.29) is 17.5 Å². The molecule has 0 amide bonds. The number of hydrogen-bond acceptors (Lipinski definition) is 7. The van der Waals surface area contributed by atoms with Gasteiger partial charge in [0.05, 0.1) is 18.1 Å². The Labute approximate surface area is 122 Å². The van der Waals surface area contributed by atoms with Gasteiger partial charge in [-0.1, -0.05) is 5.16 Å². The summed E-state index contributed by atoms with van der Waals surface area (Å²) in [5, 5.41) is 7.07. The van der Waals surface area contributed by atoms with Gasteiger partial charge < -0.3 is 9.84 Å². The second-order valence-corrected chi connectivity index (χ2v) is 7.35. The van der Waals surface area contributed by atoms with Crippen molar-refractivity contribution in [1.82, 2.24) is 20.4 Å². The number of nitrogens with one attached hydrogen (secondary N) is 1. The zero-order valence-corrected chi connectivity index (χ0v) is 12.2. The summed E-state index contributed by atoms with van der Waals surface area (Å²) < 4.78 is 27.9. The molecular weight excluding hydrogens is 292 g/mol. The minimum Gasteiger partial charge on any atom is -0.338 e. The predicted molar refractivity (Wildman–Crippen MR) is 75.2 cm³/mol. The lowest BCUT2D eigenvalue weighted by Gasteiger charge is -2.07. The lowest BCUT2D eigenvalue weighted by Crippen LogP contribution is -2.29. The van der Waals surface area contributed by atoms with Gasteiger partial charge >= 0.3 is 0 Å². The van der Waals surface area contributed by atoms with Gasteiger partial charge in [-0.25, -0.2) is 8.42 Å². The summed E-state index contributed by atoms with van der Waals surface area (Å²) in [6, 6.07) is 3.78. The van der Waals surface area contributed by atoms with Crippen molar-refractivity contribution in [3.05, 3.63) is 41.8 Å². The smallest absolute Gasteiger partial charge is 0.240 e. The van der Waals surface area contributed by atoms with E-state index < -0.39 is 9.84 Å². The van der Waals surface area contributed by atoms with E-state index in [1.165, 1.54) is 0 Å². The summed E-state index contributed by atoms with van der Waals surface area (Å²) in [4.78, 5) is 8.25. The average molecular weight is 308 g/mol. The van der Waals surface area contributed by atoms with E-state index in [9.17, 15) is 8.42 Å². The van der Waals surface area contributed by atoms with Crippen molar-refractivity contribution in [2.24, 2.45) is 0 Å². The fourth-order valence-corrected chi connectivity index (χ4v) is 4.01. The van der Waals surface area contributed by atoms with Crippen molar-refractivity contribution in [3.8, 4) is 0 Å². The zero-order valence-electron chi connectivity index (χ0n) is 11.4. The standard InChI is InChI=1S/C13H16N4O3S/c18-21(19)6-3-11(9-21)15-8-13-16-12(17-20-13)7-10-1-4-14-5-2-10/h1-2,4-5,11,15H,3,6-9H2. The summed E-state index contributed by atoms with van der Waals surface area (Å²) in [7, 11) is -2.87. The van der Waals surface area contributed by atoms with Crippen LogP contribution in [0.3, 0.4) is 0 Å². The fraction of sp³-hybridized carbons (Fsp3) is 0.462. The van der Waals surface area contributed by atoms with Gasteiger partial charge in [0.15, 0.2) is 15.7 Å². The molecule has 1 unspecified atom stereocenters. The minimum absolute atomic E-state index is 0.0226. The molecule has 7 nitrogen and oxygen atoms in total. The largest absolute Gasteiger partial charge is 0.338 e. The van der Waals surface area contributed by atoms with Crippen molar-refractivity contribution in [2.45, 2.75) is 25.4 Å². The van der Waals surface area contributed by atoms with Crippen LogP contribution >= 0.6 is 0 Å². The van der Waals surface area contributed by atoms with Crippen LogP contribution in [0.2, 0.25) is 0 Å². The molecule has 3 heterocycles. The van der Waals surface area contributed by atoms with Crippen molar-refractivity contribution in [2.75, 3.05) is 11.5 Å². The molecule has 1 saturated heterocycles. The monoisotopic (exact) mass is 308 g/mol. The predicted octanol–water partition coefficient (Wildman–Crippen LogP) is 0.332.